The van der Waals surface area contributed by atoms with Crippen LogP contribution in [-0.2, 0) is 27.6 Å². The fraction of sp³-hybridized carbons (Fsp3) is 0.621. The Kier molecular flexibility index (Phi) is 11.2. The van der Waals surface area contributed by atoms with Crippen molar-refractivity contribution >= 4 is 21.8 Å². The first-order chi connectivity index (χ1) is 18.8. The van der Waals surface area contributed by atoms with Crippen LogP contribution in [0.1, 0.15) is 52.5 Å². The molecule has 11 heteroatoms. The van der Waals surface area contributed by atoms with E-state index in [1.807, 2.05) is 54.9 Å². The average molecular weight is 576 g/mol. The van der Waals surface area contributed by atoms with Gasteiger partial charge in [-0.25, -0.2) is 18.2 Å². The number of hydrogen-bond donors (Lipinski definition) is 3. The van der Waals surface area contributed by atoms with Crippen molar-refractivity contribution in [1.29, 1.82) is 0 Å². The van der Waals surface area contributed by atoms with Crippen LogP contribution < -0.4 is 10.6 Å². The summed E-state index contributed by atoms with van der Waals surface area (Å²) in [5.41, 5.74) is 0.339. The van der Waals surface area contributed by atoms with Gasteiger partial charge in [-0.1, -0.05) is 44.2 Å². The van der Waals surface area contributed by atoms with Gasteiger partial charge in [-0.15, -0.1) is 0 Å². The Morgan fingerprint density at radius 1 is 1.23 bits per heavy atom. The monoisotopic (exact) mass is 575 g/mol. The highest BCUT2D eigenvalue weighted by molar-refractivity contribution is 7.91. The fourth-order valence-electron chi connectivity index (χ4n) is 4.97. The Morgan fingerprint density at radius 2 is 1.95 bits per heavy atom. The van der Waals surface area contributed by atoms with Crippen molar-refractivity contribution in [2.45, 2.75) is 77.6 Å². The number of nitrogens with one attached hydrogen (secondary N) is 2. The molecule has 1 aliphatic heterocycles. The van der Waals surface area contributed by atoms with Crippen molar-refractivity contribution in [3.05, 3.63) is 54.6 Å². The maximum Gasteiger partial charge on any atom is 0.317 e. The molecule has 1 fully saturated rings. The van der Waals surface area contributed by atoms with Crippen LogP contribution in [0.3, 0.4) is 0 Å². The quantitative estimate of drug-likeness (QED) is 0.336. The van der Waals surface area contributed by atoms with Gasteiger partial charge in [-0.2, -0.15) is 0 Å². The number of amides is 3. The van der Waals surface area contributed by atoms with Gasteiger partial charge in [0, 0.05) is 25.5 Å². The molecule has 222 valence electrons. The number of aromatic nitrogens is 2. The molecule has 2 aromatic rings. The van der Waals surface area contributed by atoms with E-state index in [0.717, 1.165) is 12.0 Å². The molecule has 10 nitrogen and oxygen atoms in total. The van der Waals surface area contributed by atoms with Gasteiger partial charge < -0.3 is 25.2 Å². The summed E-state index contributed by atoms with van der Waals surface area (Å²) >= 11 is 0. The first kappa shape index (κ1) is 31.6. The first-order valence-electron chi connectivity index (χ1n) is 14.1. The van der Waals surface area contributed by atoms with E-state index in [9.17, 15) is 23.1 Å². The van der Waals surface area contributed by atoms with Crippen molar-refractivity contribution in [2.24, 2.45) is 11.8 Å². The Morgan fingerprint density at radius 3 is 2.58 bits per heavy atom. The minimum atomic E-state index is -3.26. The third kappa shape index (κ3) is 10.2. The van der Waals surface area contributed by atoms with Crippen LogP contribution in [0.2, 0.25) is 0 Å². The molecule has 1 unspecified atom stereocenters. The number of sulfone groups is 1. The highest BCUT2D eigenvalue weighted by Gasteiger charge is 2.34. The van der Waals surface area contributed by atoms with Crippen LogP contribution in [0, 0.1) is 11.8 Å². The number of benzene rings is 1. The average Bonchev–Trinajstić information content (AvgIpc) is 3.37. The lowest BCUT2D eigenvalue weighted by molar-refractivity contribution is -0.126. The molecule has 1 aromatic heterocycles. The van der Waals surface area contributed by atoms with Crippen molar-refractivity contribution in [1.82, 2.24) is 25.1 Å². The molecular weight excluding hydrogens is 530 g/mol. The Hall–Kier alpha value is -2.92. The van der Waals surface area contributed by atoms with E-state index in [1.54, 1.807) is 17.4 Å². The van der Waals surface area contributed by atoms with Crippen molar-refractivity contribution in [3.8, 4) is 0 Å². The minimum Gasteiger partial charge on any atom is -0.389 e. The number of carbonyl (C=O) groups is 2. The van der Waals surface area contributed by atoms with Gasteiger partial charge in [0.15, 0.2) is 9.84 Å². The molecule has 1 aromatic carbocycles. The summed E-state index contributed by atoms with van der Waals surface area (Å²) in [5.74, 6) is -0.748. The largest absolute Gasteiger partial charge is 0.389 e. The summed E-state index contributed by atoms with van der Waals surface area (Å²) in [6.07, 6.45) is 6.19. The first-order valence-corrected chi connectivity index (χ1v) is 15.9. The number of urea groups is 1. The summed E-state index contributed by atoms with van der Waals surface area (Å²) in [6.45, 7) is 8.99. The Balaban J connectivity index is 1.75. The van der Waals surface area contributed by atoms with E-state index in [0.29, 0.717) is 38.3 Å². The van der Waals surface area contributed by atoms with E-state index in [4.69, 9.17) is 0 Å². The molecule has 3 rings (SSSR count). The number of aliphatic hydroxyl groups is 1. The zero-order chi connectivity index (χ0) is 29.3. The normalized spacial score (nSPS) is 18.6. The fourth-order valence-corrected chi connectivity index (χ4v) is 6.67. The Labute approximate surface area is 238 Å². The van der Waals surface area contributed by atoms with Crippen molar-refractivity contribution in [2.75, 3.05) is 24.6 Å². The summed E-state index contributed by atoms with van der Waals surface area (Å²) < 4.78 is 26.2. The van der Waals surface area contributed by atoms with Gasteiger partial charge in [0.25, 0.3) is 0 Å². The van der Waals surface area contributed by atoms with E-state index >= 15 is 0 Å². The number of hydrogen-bond acceptors (Lipinski definition) is 6. The summed E-state index contributed by atoms with van der Waals surface area (Å²) in [6, 6.07) is 8.50. The summed E-state index contributed by atoms with van der Waals surface area (Å²) in [4.78, 5) is 32.3. The van der Waals surface area contributed by atoms with Crippen LogP contribution in [0.4, 0.5) is 4.79 Å². The van der Waals surface area contributed by atoms with E-state index < -0.39 is 33.4 Å². The molecule has 0 bridgehead atoms. The SMILES string of the molecule is CC(C)CCN(C[C@@H](O)[C@H](Cc1ccccc1)NC(=O)C1CCCS(=O)(=O)C1)C(=O)NC(C)(C)Cn1ccnc1. The topological polar surface area (TPSA) is 134 Å². The lowest BCUT2D eigenvalue weighted by Crippen LogP contribution is -2.56. The van der Waals surface area contributed by atoms with Crippen LogP contribution in [0.15, 0.2) is 49.1 Å². The molecule has 1 aliphatic rings. The smallest absolute Gasteiger partial charge is 0.317 e. The number of rotatable bonds is 13. The molecule has 3 amide bonds. The predicted octanol–water partition coefficient (Wildman–Crippen LogP) is 2.63. The number of imidazole rings is 1. The lowest BCUT2D eigenvalue weighted by Gasteiger charge is -2.35. The Bertz CT molecular complexity index is 1180. The molecule has 2 heterocycles. The number of carbonyl (C=O) groups excluding carboxylic acids is 2. The summed E-state index contributed by atoms with van der Waals surface area (Å²) in [7, 11) is -3.26. The summed E-state index contributed by atoms with van der Waals surface area (Å²) in [5, 5.41) is 17.5. The molecule has 0 radical (unpaired) electrons. The maximum atomic E-state index is 13.5. The molecule has 1 saturated heterocycles. The van der Waals surface area contributed by atoms with Crippen LogP contribution in [0.25, 0.3) is 0 Å². The van der Waals surface area contributed by atoms with Gasteiger partial charge in [-0.3, -0.25) is 4.79 Å². The van der Waals surface area contributed by atoms with Gasteiger partial charge in [-0.05, 0) is 51.0 Å². The molecule has 0 spiro atoms. The molecule has 40 heavy (non-hydrogen) atoms. The third-order valence-corrected chi connectivity index (χ3v) is 9.00. The zero-order valence-corrected chi connectivity index (χ0v) is 24.9. The standard InChI is InChI=1S/C29H45N5O5S/c1-22(2)12-14-34(28(37)32-29(3,4)20-33-15-13-30-21-33)18-26(35)25(17-23-9-6-5-7-10-23)31-27(36)24-11-8-16-40(38,39)19-24/h5-7,9-10,13,15,21-22,24-26,35H,8,11-12,14,16-20H2,1-4H3,(H,31,36)(H,32,37)/t24?,25-,26+/m0/s1. The molecular formula is C29H45N5O5S. The van der Waals surface area contributed by atoms with E-state index in [1.165, 1.54) is 0 Å². The molecule has 0 aliphatic carbocycles. The van der Waals surface area contributed by atoms with Crippen LogP contribution >= 0.6 is 0 Å². The molecule has 3 atom stereocenters. The second-order valence-corrected chi connectivity index (χ2v) is 14.2. The maximum absolute atomic E-state index is 13.5. The lowest BCUT2D eigenvalue weighted by atomic mass is 9.98. The van der Waals surface area contributed by atoms with Crippen LogP contribution in [-0.4, -0.2) is 82.2 Å². The minimum absolute atomic E-state index is 0.0143. The highest BCUT2D eigenvalue weighted by atomic mass is 32.2. The molecule has 3 N–H and O–H groups in total. The second kappa shape index (κ2) is 14.1. The van der Waals surface area contributed by atoms with Crippen LogP contribution in [0.5, 0.6) is 0 Å². The van der Waals surface area contributed by atoms with Gasteiger partial charge in [0.1, 0.15) is 0 Å². The van der Waals surface area contributed by atoms with Gasteiger partial charge >= 0.3 is 6.03 Å². The van der Waals surface area contributed by atoms with Gasteiger partial charge in [0.05, 0.1) is 48.0 Å². The van der Waals surface area contributed by atoms with E-state index in [2.05, 4.69) is 29.5 Å². The molecule has 0 saturated carbocycles. The second-order valence-electron chi connectivity index (χ2n) is 12.0. The third-order valence-electron chi connectivity index (χ3n) is 7.18. The van der Waals surface area contributed by atoms with Crippen molar-refractivity contribution in [3.63, 3.8) is 0 Å². The predicted molar refractivity (Wildman–Crippen MR) is 155 cm³/mol. The number of nitrogens with zero attached hydrogens (tertiary/aromatic N) is 3. The van der Waals surface area contributed by atoms with Crippen molar-refractivity contribution < 1.29 is 23.1 Å². The number of aliphatic hydroxyl groups excluding tert-OH is 1. The highest BCUT2D eigenvalue weighted by Crippen LogP contribution is 2.20. The van der Waals surface area contributed by atoms with Gasteiger partial charge in [0.2, 0.25) is 5.91 Å². The zero-order valence-electron chi connectivity index (χ0n) is 24.1. The van der Waals surface area contributed by atoms with E-state index in [-0.39, 0.29) is 30.0 Å².